The van der Waals surface area contributed by atoms with E-state index >= 15 is 0 Å². The number of nitrogen functional groups attached to an aromatic ring is 1. The number of nitrogens with two attached hydrogens (primary N) is 1. The van der Waals surface area contributed by atoms with Crippen LogP contribution < -0.4 is 10.6 Å². The highest BCUT2D eigenvalue weighted by molar-refractivity contribution is 5.88. The Morgan fingerprint density at radius 3 is 3.00 bits per heavy atom. The molecule has 0 spiro atoms. The van der Waals surface area contributed by atoms with E-state index in [4.69, 9.17) is 10.5 Å². The lowest BCUT2D eigenvalue weighted by molar-refractivity contribution is 0.183. The van der Waals surface area contributed by atoms with Crippen LogP contribution in [0.15, 0.2) is 18.3 Å². The number of nitrogens with one attached hydrogen (secondary N) is 1. The van der Waals surface area contributed by atoms with Crippen molar-refractivity contribution in [3.63, 3.8) is 0 Å². The quantitative estimate of drug-likeness (QED) is 0.789. The normalized spacial score (nSPS) is 12.9. The number of fused-ring (bicyclic) bond motifs is 1. The molecular formula is C12H18N4O. The van der Waals surface area contributed by atoms with Crippen LogP contribution in [0.25, 0.3) is 10.9 Å². The van der Waals surface area contributed by atoms with Crippen LogP contribution in [0, 0.1) is 0 Å². The number of hydrogen-bond donors (Lipinski definition) is 2. The number of ether oxygens (including phenoxy) is 1. The third-order valence-electron chi connectivity index (χ3n) is 3.04. The molecule has 0 fully saturated rings. The van der Waals surface area contributed by atoms with Gasteiger partial charge in [0.05, 0.1) is 29.7 Å². The fourth-order valence-electron chi connectivity index (χ4n) is 1.89. The molecule has 5 nitrogen and oxygen atoms in total. The molecule has 3 N–H and O–H groups in total. The third kappa shape index (κ3) is 2.19. The molecule has 1 heterocycles. The second-order valence-electron chi connectivity index (χ2n) is 4.28. The first-order chi connectivity index (χ1) is 8.13. The van der Waals surface area contributed by atoms with Crippen LogP contribution >= 0.6 is 0 Å². The zero-order chi connectivity index (χ0) is 12.4. The molecule has 0 aliphatic carbocycles. The second kappa shape index (κ2) is 4.63. The summed E-state index contributed by atoms with van der Waals surface area (Å²) in [4.78, 5) is 2.11. The van der Waals surface area contributed by atoms with Crippen LogP contribution in [0.2, 0.25) is 0 Å². The van der Waals surface area contributed by atoms with Gasteiger partial charge in [-0.1, -0.05) is 0 Å². The lowest BCUT2D eigenvalue weighted by Gasteiger charge is -2.27. The summed E-state index contributed by atoms with van der Waals surface area (Å²) in [6, 6.07) is 4.22. The van der Waals surface area contributed by atoms with Gasteiger partial charge in [-0.3, -0.25) is 5.10 Å². The van der Waals surface area contributed by atoms with Gasteiger partial charge in [0.15, 0.2) is 0 Å². The predicted molar refractivity (Wildman–Crippen MR) is 70.2 cm³/mol. The summed E-state index contributed by atoms with van der Waals surface area (Å²) in [7, 11) is 3.71. The Kier molecular flexibility index (Phi) is 3.19. The van der Waals surface area contributed by atoms with Gasteiger partial charge in [0.25, 0.3) is 0 Å². The van der Waals surface area contributed by atoms with Crippen LogP contribution in [-0.4, -0.2) is 37.0 Å². The number of anilines is 2. The Balaban J connectivity index is 2.36. The van der Waals surface area contributed by atoms with E-state index in [2.05, 4.69) is 22.0 Å². The topological polar surface area (TPSA) is 67.2 Å². The lowest BCUT2D eigenvalue weighted by Crippen LogP contribution is -2.33. The van der Waals surface area contributed by atoms with E-state index in [1.807, 2.05) is 19.2 Å². The van der Waals surface area contributed by atoms with Gasteiger partial charge in [0.1, 0.15) is 0 Å². The van der Waals surface area contributed by atoms with Crippen molar-refractivity contribution in [3.05, 3.63) is 18.3 Å². The zero-order valence-corrected chi connectivity index (χ0v) is 10.4. The average molecular weight is 234 g/mol. The molecule has 0 saturated carbocycles. The molecule has 1 aromatic carbocycles. The Hall–Kier alpha value is -1.75. The third-order valence-corrected chi connectivity index (χ3v) is 3.04. The molecule has 0 saturated heterocycles. The maximum absolute atomic E-state index is 6.06. The fraction of sp³-hybridized carbons (Fsp3) is 0.417. The number of hydrogen-bond acceptors (Lipinski definition) is 4. The first-order valence-corrected chi connectivity index (χ1v) is 5.58. The Morgan fingerprint density at radius 2 is 2.29 bits per heavy atom. The SMILES string of the molecule is COCC(C)N(C)c1cc2[nH]ncc2cc1N. The van der Waals surface area contributed by atoms with E-state index in [0.717, 1.165) is 22.3 Å². The van der Waals surface area contributed by atoms with Gasteiger partial charge >= 0.3 is 0 Å². The smallest absolute Gasteiger partial charge is 0.0672 e. The minimum absolute atomic E-state index is 0.266. The van der Waals surface area contributed by atoms with Crippen molar-refractivity contribution in [2.24, 2.45) is 0 Å². The number of rotatable bonds is 4. The van der Waals surface area contributed by atoms with Crippen LogP contribution in [0.1, 0.15) is 6.92 Å². The highest BCUT2D eigenvalue weighted by Crippen LogP contribution is 2.28. The number of likely N-dealkylation sites (N-methyl/N-ethyl adjacent to an activating group) is 1. The Labute approximate surface area is 101 Å². The molecule has 17 heavy (non-hydrogen) atoms. The summed E-state index contributed by atoms with van der Waals surface area (Å²) < 4.78 is 5.16. The van der Waals surface area contributed by atoms with Gasteiger partial charge in [-0.15, -0.1) is 0 Å². The molecule has 2 aromatic rings. The lowest BCUT2D eigenvalue weighted by atomic mass is 10.1. The Morgan fingerprint density at radius 1 is 1.53 bits per heavy atom. The molecule has 0 radical (unpaired) electrons. The fourth-order valence-corrected chi connectivity index (χ4v) is 1.89. The molecule has 0 aliphatic rings. The Bertz CT molecular complexity index is 508. The van der Waals surface area contributed by atoms with Gasteiger partial charge in [0, 0.05) is 25.6 Å². The van der Waals surface area contributed by atoms with Gasteiger partial charge in [-0.05, 0) is 19.1 Å². The van der Waals surface area contributed by atoms with Gasteiger partial charge in [-0.2, -0.15) is 5.10 Å². The van der Waals surface area contributed by atoms with Crippen molar-refractivity contribution in [3.8, 4) is 0 Å². The van der Waals surface area contributed by atoms with Gasteiger partial charge in [-0.25, -0.2) is 0 Å². The molecule has 1 unspecified atom stereocenters. The molecule has 5 heteroatoms. The summed E-state index contributed by atoms with van der Waals surface area (Å²) in [6.45, 7) is 2.76. The molecular weight excluding hydrogens is 216 g/mol. The number of nitrogens with zero attached hydrogens (tertiary/aromatic N) is 2. The van der Waals surface area contributed by atoms with Crippen molar-refractivity contribution in [2.45, 2.75) is 13.0 Å². The van der Waals surface area contributed by atoms with E-state index in [1.165, 1.54) is 0 Å². The monoisotopic (exact) mass is 234 g/mol. The van der Waals surface area contributed by atoms with Crippen LogP contribution in [0.5, 0.6) is 0 Å². The standard InChI is InChI=1S/C12H18N4O/c1-8(7-17-3)16(2)12-5-11-9(4-10(12)13)6-14-15-11/h4-6,8H,7,13H2,1-3H3,(H,14,15). The minimum atomic E-state index is 0.266. The van der Waals surface area contributed by atoms with E-state index < -0.39 is 0 Å². The van der Waals surface area contributed by atoms with E-state index in [-0.39, 0.29) is 6.04 Å². The number of benzene rings is 1. The number of aromatic nitrogens is 2. The van der Waals surface area contributed by atoms with Crippen molar-refractivity contribution >= 4 is 22.3 Å². The maximum Gasteiger partial charge on any atom is 0.0672 e. The van der Waals surface area contributed by atoms with E-state index in [9.17, 15) is 0 Å². The van der Waals surface area contributed by atoms with Crippen molar-refractivity contribution in [1.82, 2.24) is 10.2 Å². The minimum Gasteiger partial charge on any atom is -0.397 e. The largest absolute Gasteiger partial charge is 0.397 e. The molecule has 1 aromatic heterocycles. The number of aromatic amines is 1. The van der Waals surface area contributed by atoms with Gasteiger partial charge in [0.2, 0.25) is 0 Å². The summed E-state index contributed by atoms with van der Waals surface area (Å²) in [6.07, 6.45) is 1.77. The molecule has 0 amide bonds. The highest BCUT2D eigenvalue weighted by Gasteiger charge is 2.13. The van der Waals surface area contributed by atoms with E-state index in [1.54, 1.807) is 13.3 Å². The maximum atomic E-state index is 6.06. The molecule has 92 valence electrons. The summed E-state index contributed by atoms with van der Waals surface area (Å²) in [5, 5.41) is 7.98. The van der Waals surface area contributed by atoms with Crippen molar-refractivity contribution in [1.29, 1.82) is 0 Å². The highest BCUT2D eigenvalue weighted by atomic mass is 16.5. The van der Waals surface area contributed by atoms with Crippen molar-refractivity contribution in [2.75, 3.05) is 31.4 Å². The summed E-state index contributed by atoms with van der Waals surface area (Å²) >= 11 is 0. The molecule has 2 rings (SSSR count). The zero-order valence-electron chi connectivity index (χ0n) is 10.4. The first-order valence-electron chi connectivity index (χ1n) is 5.58. The van der Waals surface area contributed by atoms with Crippen LogP contribution in [-0.2, 0) is 4.74 Å². The first kappa shape index (κ1) is 11.7. The van der Waals surface area contributed by atoms with Gasteiger partial charge < -0.3 is 15.4 Å². The summed E-state index contributed by atoms with van der Waals surface area (Å²) in [5.74, 6) is 0. The summed E-state index contributed by atoms with van der Waals surface area (Å²) in [5.41, 5.74) is 8.79. The number of methoxy groups -OCH3 is 1. The van der Waals surface area contributed by atoms with E-state index in [0.29, 0.717) is 6.61 Å². The predicted octanol–water partition coefficient (Wildman–Crippen LogP) is 1.62. The molecule has 0 bridgehead atoms. The van der Waals surface area contributed by atoms with Crippen LogP contribution in [0.4, 0.5) is 11.4 Å². The van der Waals surface area contributed by atoms with Crippen LogP contribution in [0.3, 0.4) is 0 Å². The van der Waals surface area contributed by atoms with Crippen molar-refractivity contribution < 1.29 is 4.74 Å². The molecule has 1 atom stereocenters. The second-order valence-corrected chi connectivity index (χ2v) is 4.28. The average Bonchev–Trinajstić information content (AvgIpc) is 2.74. The number of H-pyrrole nitrogens is 1. The molecule has 0 aliphatic heterocycles.